The van der Waals surface area contributed by atoms with E-state index in [0.717, 1.165) is 0 Å². The van der Waals surface area contributed by atoms with E-state index >= 15 is 0 Å². The molecule has 0 aromatic heterocycles. The van der Waals surface area contributed by atoms with Gasteiger partial charge in [0.1, 0.15) is 0 Å². The topological polar surface area (TPSA) is 3.24 Å². The zero-order valence-electron chi connectivity index (χ0n) is 6.60. The fourth-order valence-corrected chi connectivity index (χ4v) is 2.38. The zero-order chi connectivity index (χ0) is 7.03. The average molecular weight is 138 g/mol. The molecule has 2 heterocycles. The molecule has 2 saturated heterocycles. The van der Waals surface area contributed by atoms with E-state index in [9.17, 15) is 0 Å². The van der Waals surface area contributed by atoms with Crippen LogP contribution in [0.5, 0.6) is 0 Å². The highest BCUT2D eigenvalue weighted by Gasteiger charge is 2.33. The molecule has 0 aromatic rings. The molecule has 0 saturated carbocycles. The van der Waals surface area contributed by atoms with Gasteiger partial charge in [-0.05, 0) is 51.1 Å². The predicted octanol–water partition coefficient (Wildman–Crippen LogP) is 1.70. The molecule has 2 aliphatic rings. The van der Waals surface area contributed by atoms with Crippen LogP contribution in [-0.4, -0.2) is 24.5 Å². The minimum Gasteiger partial charge on any atom is -0.303 e. The van der Waals surface area contributed by atoms with Crippen LogP contribution in [0.2, 0.25) is 0 Å². The van der Waals surface area contributed by atoms with Crippen molar-refractivity contribution in [2.24, 2.45) is 5.41 Å². The van der Waals surface area contributed by atoms with Crippen LogP contribution in [0.1, 0.15) is 25.7 Å². The minimum atomic E-state index is 0.455. The second kappa shape index (κ2) is 2.23. The third kappa shape index (κ3) is 1.07. The molecule has 1 radical (unpaired) electrons. The summed E-state index contributed by atoms with van der Waals surface area (Å²) >= 11 is 0. The Kier molecular flexibility index (Phi) is 1.48. The molecule has 57 valence electrons. The summed E-state index contributed by atoms with van der Waals surface area (Å²) in [4.78, 5) is 2.57. The fraction of sp³-hybridized carbons (Fsp3) is 0.889. The van der Waals surface area contributed by atoms with Gasteiger partial charge in [0.2, 0.25) is 0 Å². The van der Waals surface area contributed by atoms with Crippen LogP contribution in [-0.2, 0) is 0 Å². The fourth-order valence-electron chi connectivity index (χ4n) is 2.38. The van der Waals surface area contributed by atoms with Gasteiger partial charge in [-0.3, -0.25) is 0 Å². The van der Waals surface area contributed by atoms with Crippen LogP contribution in [0.4, 0.5) is 0 Å². The van der Waals surface area contributed by atoms with Crippen LogP contribution >= 0.6 is 0 Å². The molecule has 0 aromatic carbocycles. The highest BCUT2D eigenvalue weighted by Crippen LogP contribution is 2.36. The molecule has 2 bridgehead atoms. The largest absolute Gasteiger partial charge is 0.303 e. The predicted molar refractivity (Wildman–Crippen MR) is 42.7 cm³/mol. The Labute approximate surface area is 63.4 Å². The number of hydrogen-bond acceptors (Lipinski definition) is 1. The van der Waals surface area contributed by atoms with Gasteiger partial charge in [0, 0.05) is 6.54 Å². The highest BCUT2D eigenvalue weighted by atomic mass is 15.1. The molecule has 1 nitrogen and oxygen atoms in total. The Morgan fingerprint density at radius 2 is 1.70 bits per heavy atom. The van der Waals surface area contributed by atoms with Crippen molar-refractivity contribution in [3.63, 3.8) is 0 Å². The minimum absolute atomic E-state index is 0.455. The van der Waals surface area contributed by atoms with Crippen molar-refractivity contribution in [3.05, 3.63) is 6.92 Å². The Balaban J connectivity index is 2.07. The first-order valence-corrected chi connectivity index (χ1v) is 4.36. The van der Waals surface area contributed by atoms with Gasteiger partial charge in [0.05, 0.1) is 0 Å². The van der Waals surface area contributed by atoms with Crippen molar-refractivity contribution in [3.8, 4) is 0 Å². The van der Waals surface area contributed by atoms with Crippen molar-refractivity contribution >= 4 is 0 Å². The molecule has 0 amide bonds. The summed E-state index contributed by atoms with van der Waals surface area (Å²) < 4.78 is 0. The SMILES string of the molecule is [CH2]C12CCCN(CCC1)C2. The van der Waals surface area contributed by atoms with Gasteiger partial charge in [-0.25, -0.2) is 0 Å². The maximum atomic E-state index is 4.31. The van der Waals surface area contributed by atoms with E-state index in [1.807, 2.05) is 0 Å². The van der Waals surface area contributed by atoms with E-state index in [-0.39, 0.29) is 0 Å². The Morgan fingerprint density at radius 3 is 2.10 bits per heavy atom. The average Bonchev–Trinajstić information content (AvgIpc) is 1.86. The standard InChI is InChI=1S/C9H16N/c1-9-4-2-6-10(8-9)7-3-5-9/h1-8H2. The smallest absolute Gasteiger partial charge is 0.00380 e. The van der Waals surface area contributed by atoms with Crippen LogP contribution in [0, 0.1) is 12.3 Å². The van der Waals surface area contributed by atoms with Gasteiger partial charge in [0.15, 0.2) is 0 Å². The molecule has 0 unspecified atom stereocenters. The van der Waals surface area contributed by atoms with Gasteiger partial charge in [-0.15, -0.1) is 0 Å². The number of nitrogens with zero attached hydrogens (tertiary/aromatic N) is 1. The normalized spacial score (nSPS) is 47.1. The first kappa shape index (κ1) is 6.66. The number of hydrogen-bond donors (Lipinski definition) is 0. The number of fused-ring (bicyclic) bond motifs is 2. The van der Waals surface area contributed by atoms with E-state index in [2.05, 4.69) is 11.8 Å². The maximum absolute atomic E-state index is 4.31. The van der Waals surface area contributed by atoms with Crippen molar-refractivity contribution in [2.45, 2.75) is 25.7 Å². The number of piperidine rings is 2. The summed E-state index contributed by atoms with van der Waals surface area (Å²) in [5, 5.41) is 0. The summed E-state index contributed by atoms with van der Waals surface area (Å²) in [5.74, 6) is 0. The lowest BCUT2D eigenvalue weighted by Gasteiger charge is -2.44. The highest BCUT2D eigenvalue weighted by molar-refractivity contribution is 4.92. The zero-order valence-corrected chi connectivity index (χ0v) is 6.60. The monoisotopic (exact) mass is 138 g/mol. The Bertz CT molecular complexity index is 121. The molecule has 2 fully saturated rings. The van der Waals surface area contributed by atoms with Crippen LogP contribution in [0.3, 0.4) is 0 Å². The second-order valence-electron chi connectivity index (χ2n) is 3.98. The molecule has 1 heteroatoms. The summed E-state index contributed by atoms with van der Waals surface area (Å²) in [6, 6.07) is 0. The van der Waals surface area contributed by atoms with E-state index in [4.69, 9.17) is 0 Å². The lowest BCUT2D eigenvalue weighted by Crippen LogP contribution is -2.46. The summed E-state index contributed by atoms with van der Waals surface area (Å²) in [5.41, 5.74) is 0.455. The van der Waals surface area contributed by atoms with Crippen LogP contribution in [0.15, 0.2) is 0 Å². The lowest BCUT2D eigenvalue weighted by atomic mass is 9.75. The quantitative estimate of drug-likeness (QED) is 0.492. The van der Waals surface area contributed by atoms with Crippen LogP contribution < -0.4 is 0 Å². The van der Waals surface area contributed by atoms with Crippen molar-refractivity contribution in [2.75, 3.05) is 19.6 Å². The molecule has 0 N–H and O–H groups in total. The van der Waals surface area contributed by atoms with E-state index in [0.29, 0.717) is 5.41 Å². The van der Waals surface area contributed by atoms with E-state index < -0.39 is 0 Å². The van der Waals surface area contributed by atoms with Crippen molar-refractivity contribution in [1.82, 2.24) is 4.90 Å². The molecule has 2 rings (SSSR count). The summed E-state index contributed by atoms with van der Waals surface area (Å²) in [6.45, 7) is 8.24. The summed E-state index contributed by atoms with van der Waals surface area (Å²) in [7, 11) is 0. The van der Waals surface area contributed by atoms with Gasteiger partial charge in [0.25, 0.3) is 0 Å². The third-order valence-electron chi connectivity index (χ3n) is 2.92. The van der Waals surface area contributed by atoms with Gasteiger partial charge in [-0.2, -0.15) is 0 Å². The van der Waals surface area contributed by atoms with Crippen LogP contribution in [0.25, 0.3) is 0 Å². The van der Waals surface area contributed by atoms with Crippen molar-refractivity contribution in [1.29, 1.82) is 0 Å². The van der Waals surface area contributed by atoms with Crippen molar-refractivity contribution < 1.29 is 0 Å². The summed E-state index contributed by atoms with van der Waals surface area (Å²) in [6.07, 6.45) is 5.49. The van der Waals surface area contributed by atoms with Gasteiger partial charge >= 0.3 is 0 Å². The van der Waals surface area contributed by atoms with Gasteiger partial charge < -0.3 is 4.90 Å². The van der Waals surface area contributed by atoms with E-state index in [1.54, 1.807) is 0 Å². The molecular weight excluding hydrogens is 122 g/mol. The number of rotatable bonds is 0. The molecule has 0 spiro atoms. The molecule has 2 aliphatic heterocycles. The Hall–Kier alpha value is -0.0400. The molecule has 0 atom stereocenters. The lowest BCUT2D eigenvalue weighted by molar-refractivity contribution is 0.0717. The molecular formula is C9H16N. The third-order valence-corrected chi connectivity index (χ3v) is 2.92. The first-order valence-electron chi connectivity index (χ1n) is 4.36. The molecule has 0 aliphatic carbocycles. The first-order chi connectivity index (χ1) is 4.79. The second-order valence-corrected chi connectivity index (χ2v) is 3.98. The van der Waals surface area contributed by atoms with Gasteiger partial charge in [-0.1, -0.05) is 0 Å². The molecule has 10 heavy (non-hydrogen) atoms. The van der Waals surface area contributed by atoms with E-state index in [1.165, 1.54) is 45.3 Å². The Morgan fingerprint density at radius 1 is 1.10 bits per heavy atom. The maximum Gasteiger partial charge on any atom is 0.00380 e.